The molecule has 2 fully saturated rings. The number of anilines is 1. The Morgan fingerprint density at radius 1 is 1.30 bits per heavy atom. The maximum Gasteiger partial charge on any atom is 0.308 e. The second kappa shape index (κ2) is 7.27. The highest BCUT2D eigenvalue weighted by Gasteiger charge is 2.27. The molecule has 0 radical (unpaired) electrons. The zero-order chi connectivity index (χ0) is 16.2. The Morgan fingerprint density at radius 3 is 2.83 bits per heavy atom. The number of rotatable bonds is 4. The van der Waals surface area contributed by atoms with Crippen LogP contribution >= 0.6 is 0 Å². The summed E-state index contributed by atoms with van der Waals surface area (Å²) in [4.78, 5) is 15.5. The molecular formula is C17H24FN3O2. The van der Waals surface area contributed by atoms with Gasteiger partial charge in [0, 0.05) is 45.8 Å². The number of piperazine rings is 1. The summed E-state index contributed by atoms with van der Waals surface area (Å²) in [6.07, 6.45) is 1.46. The molecule has 23 heavy (non-hydrogen) atoms. The van der Waals surface area contributed by atoms with Gasteiger partial charge in [-0.25, -0.2) is 4.39 Å². The Labute approximate surface area is 136 Å². The van der Waals surface area contributed by atoms with Gasteiger partial charge in [0.1, 0.15) is 5.82 Å². The fraction of sp³-hybridized carbons (Fsp3) is 0.588. The number of carbonyl (C=O) groups is 1. The molecule has 2 heterocycles. The summed E-state index contributed by atoms with van der Waals surface area (Å²) in [5, 5.41) is 12.5. The van der Waals surface area contributed by atoms with Gasteiger partial charge in [0.25, 0.3) is 0 Å². The van der Waals surface area contributed by atoms with Crippen molar-refractivity contribution in [3.63, 3.8) is 0 Å². The van der Waals surface area contributed by atoms with Crippen LogP contribution in [0.15, 0.2) is 18.2 Å². The van der Waals surface area contributed by atoms with Gasteiger partial charge in [-0.15, -0.1) is 0 Å². The standard InChI is InChI=1S/C17H24FN3O2/c18-15-4-3-13(11-20-8-5-19-6-9-20)10-16(15)21-7-1-2-14(12-21)17(22)23/h3-4,10,14,19H,1-2,5-9,11-12H2,(H,22,23). The van der Waals surface area contributed by atoms with E-state index < -0.39 is 11.9 Å². The number of nitrogens with zero attached hydrogens (tertiary/aromatic N) is 2. The topological polar surface area (TPSA) is 55.8 Å². The van der Waals surface area contributed by atoms with E-state index in [9.17, 15) is 14.3 Å². The first-order valence-corrected chi connectivity index (χ1v) is 8.33. The maximum absolute atomic E-state index is 14.2. The predicted molar refractivity (Wildman–Crippen MR) is 87.1 cm³/mol. The van der Waals surface area contributed by atoms with Crippen molar-refractivity contribution in [1.29, 1.82) is 0 Å². The minimum Gasteiger partial charge on any atom is -0.481 e. The second-order valence-electron chi connectivity index (χ2n) is 6.44. The summed E-state index contributed by atoms with van der Waals surface area (Å²) in [5.74, 6) is -1.45. The van der Waals surface area contributed by atoms with Gasteiger partial charge in [-0.1, -0.05) is 6.07 Å². The van der Waals surface area contributed by atoms with Crippen molar-refractivity contribution < 1.29 is 14.3 Å². The lowest BCUT2D eigenvalue weighted by molar-refractivity contribution is -0.141. The van der Waals surface area contributed by atoms with E-state index in [2.05, 4.69) is 10.2 Å². The average Bonchev–Trinajstić information content (AvgIpc) is 2.57. The third-order valence-electron chi connectivity index (χ3n) is 4.74. The van der Waals surface area contributed by atoms with E-state index in [0.717, 1.165) is 51.3 Å². The third-order valence-corrected chi connectivity index (χ3v) is 4.74. The molecule has 2 N–H and O–H groups in total. The molecule has 1 aromatic carbocycles. The van der Waals surface area contributed by atoms with Crippen LogP contribution in [0.3, 0.4) is 0 Å². The molecule has 6 heteroatoms. The Hall–Kier alpha value is -1.66. The Bertz CT molecular complexity index is 561. The fourth-order valence-electron chi connectivity index (χ4n) is 3.42. The number of nitrogens with one attached hydrogen (secondary N) is 1. The van der Waals surface area contributed by atoms with Crippen LogP contribution in [0.4, 0.5) is 10.1 Å². The van der Waals surface area contributed by atoms with Crippen LogP contribution in [0.2, 0.25) is 0 Å². The Balaban J connectivity index is 1.73. The summed E-state index contributed by atoms with van der Waals surface area (Å²) in [6, 6.07) is 5.23. The van der Waals surface area contributed by atoms with Crippen molar-refractivity contribution in [2.75, 3.05) is 44.2 Å². The molecular weight excluding hydrogens is 297 g/mol. The van der Waals surface area contributed by atoms with Crippen molar-refractivity contribution in [2.45, 2.75) is 19.4 Å². The van der Waals surface area contributed by atoms with E-state index in [4.69, 9.17) is 0 Å². The van der Waals surface area contributed by atoms with E-state index >= 15 is 0 Å². The number of carboxylic acids is 1. The number of hydrogen-bond acceptors (Lipinski definition) is 4. The third kappa shape index (κ3) is 4.00. The van der Waals surface area contributed by atoms with E-state index in [0.29, 0.717) is 18.7 Å². The van der Waals surface area contributed by atoms with Crippen LogP contribution in [0.25, 0.3) is 0 Å². The molecule has 1 aromatic rings. The Morgan fingerprint density at radius 2 is 2.09 bits per heavy atom. The van der Waals surface area contributed by atoms with Crippen LogP contribution in [0.5, 0.6) is 0 Å². The fourth-order valence-corrected chi connectivity index (χ4v) is 3.42. The average molecular weight is 321 g/mol. The van der Waals surface area contributed by atoms with Crippen LogP contribution in [-0.2, 0) is 11.3 Å². The number of halogens is 1. The first-order valence-electron chi connectivity index (χ1n) is 8.33. The predicted octanol–water partition coefficient (Wildman–Crippen LogP) is 1.53. The zero-order valence-corrected chi connectivity index (χ0v) is 13.3. The van der Waals surface area contributed by atoms with Crippen LogP contribution < -0.4 is 10.2 Å². The monoisotopic (exact) mass is 321 g/mol. The van der Waals surface area contributed by atoms with Gasteiger partial charge in [-0.2, -0.15) is 0 Å². The van der Waals surface area contributed by atoms with E-state index in [1.807, 2.05) is 17.0 Å². The number of piperidine rings is 1. The highest BCUT2D eigenvalue weighted by atomic mass is 19.1. The van der Waals surface area contributed by atoms with Gasteiger partial charge < -0.3 is 15.3 Å². The smallest absolute Gasteiger partial charge is 0.308 e. The first-order chi connectivity index (χ1) is 11.1. The van der Waals surface area contributed by atoms with Gasteiger partial charge in [0.05, 0.1) is 11.6 Å². The summed E-state index contributed by atoms with van der Waals surface area (Å²) in [6.45, 7) is 5.89. The minimum absolute atomic E-state index is 0.264. The molecule has 1 atom stereocenters. The van der Waals surface area contributed by atoms with Crippen molar-refractivity contribution in [1.82, 2.24) is 10.2 Å². The highest BCUT2D eigenvalue weighted by molar-refractivity contribution is 5.71. The quantitative estimate of drug-likeness (QED) is 0.881. The van der Waals surface area contributed by atoms with Crippen LogP contribution in [0.1, 0.15) is 18.4 Å². The van der Waals surface area contributed by atoms with E-state index in [1.165, 1.54) is 6.07 Å². The normalized spacial score (nSPS) is 23.0. The summed E-state index contributed by atoms with van der Waals surface area (Å²) in [5.41, 5.74) is 1.63. The minimum atomic E-state index is -0.785. The van der Waals surface area contributed by atoms with Gasteiger partial charge in [0.2, 0.25) is 0 Å². The Kier molecular flexibility index (Phi) is 5.13. The van der Waals surface area contributed by atoms with Crippen molar-refractivity contribution in [3.8, 4) is 0 Å². The molecule has 0 amide bonds. The number of aliphatic carboxylic acids is 1. The zero-order valence-electron chi connectivity index (χ0n) is 13.3. The SMILES string of the molecule is O=C(O)C1CCCN(c2cc(CN3CCNCC3)ccc2F)C1. The molecule has 2 saturated heterocycles. The van der Waals surface area contributed by atoms with Gasteiger partial charge in [-0.05, 0) is 30.5 Å². The number of hydrogen-bond donors (Lipinski definition) is 2. The van der Waals surface area contributed by atoms with Gasteiger partial charge in [0.15, 0.2) is 0 Å². The number of benzene rings is 1. The van der Waals surface area contributed by atoms with Crippen molar-refractivity contribution >= 4 is 11.7 Å². The van der Waals surface area contributed by atoms with Crippen molar-refractivity contribution in [2.24, 2.45) is 5.92 Å². The van der Waals surface area contributed by atoms with E-state index in [-0.39, 0.29) is 5.82 Å². The molecule has 126 valence electrons. The summed E-state index contributed by atoms with van der Waals surface area (Å²) < 4.78 is 14.2. The lowest BCUT2D eigenvalue weighted by atomic mass is 9.97. The molecule has 0 aromatic heterocycles. The first kappa shape index (κ1) is 16.2. The molecule has 0 bridgehead atoms. The largest absolute Gasteiger partial charge is 0.481 e. The highest BCUT2D eigenvalue weighted by Crippen LogP contribution is 2.27. The molecule has 0 saturated carbocycles. The van der Waals surface area contributed by atoms with Crippen LogP contribution in [-0.4, -0.2) is 55.2 Å². The lowest BCUT2D eigenvalue weighted by Gasteiger charge is -2.33. The molecule has 5 nitrogen and oxygen atoms in total. The molecule has 3 rings (SSSR count). The second-order valence-corrected chi connectivity index (χ2v) is 6.44. The maximum atomic E-state index is 14.2. The van der Waals surface area contributed by atoms with Gasteiger partial charge in [-0.3, -0.25) is 9.69 Å². The van der Waals surface area contributed by atoms with Crippen LogP contribution in [0, 0.1) is 11.7 Å². The molecule has 0 spiro atoms. The summed E-state index contributed by atoms with van der Waals surface area (Å²) >= 11 is 0. The van der Waals surface area contributed by atoms with Gasteiger partial charge >= 0.3 is 5.97 Å². The summed E-state index contributed by atoms with van der Waals surface area (Å²) in [7, 11) is 0. The number of carboxylic acid groups (broad SMARTS) is 1. The lowest BCUT2D eigenvalue weighted by Crippen LogP contribution is -2.43. The van der Waals surface area contributed by atoms with E-state index in [1.54, 1.807) is 0 Å². The molecule has 2 aliphatic heterocycles. The van der Waals surface area contributed by atoms with Crippen molar-refractivity contribution in [3.05, 3.63) is 29.6 Å². The molecule has 2 aliphatic rings. The molecule has 1 unspecified atom stereocenters. The molecule has 0 aliphatic carbocycles.